The molecule has 0 aliphatic rings. The fourth-order valence-electron chi connectivity index (χ4n) is 1.62. The zero-order chi connectivity index (χ0) is 11.4. The molecule has 1 heterocycles. The van der Waals surface area contributed by atoms with Gasteiger partial charge in [-0.15, -0.1) is 11.3 Å². The molecule has 84 valence electrons. The number of thiophene rings is 1. The Morgan fingerprint density at radius 2 is 1.94 bits per heavy atom. The van der Waals surface area contributed by atoms with Crippen LogP contribution in [0.3, 0.4) is 0 Å². The molecule has 0 amide bonds. The average Bonchev–Trinajstić information content (AvgIpc) is 2.83. The lowest BCUT2D eigenvalue weighted by Gasteiger charge is -2.08. The van der Waals surface area contributed by atoms with Gasteiger partial charge in [0.2, 0.25) is 0 Å². The topological polar surface area (TPSA) is 46.2 Å². The van der Waals surface area contributed by atoms with Gasteiger partial charge in [-0.25, -0.2) is 0 Å². The Bertz CT molecular complexity index is 422. The first kappa shape index (κ1) is 11.3. The van der Waals surface area contributed by atoms with E-state index in [4.69, 9.17) is 10.8 Å². The first-order valence-electron chi connectivity index (χ1n) is 5.29. The molecule has 1 aromatic carbocycles. The van der Waals surface area contributed by atoms with Crippen molar-refractivity contribution in [3.05, 3.63) is 47.3 Å². The highest BCUT2D eigenvalue weighted by Crippen LogP contribution is 2.24. The molecule has 0 bridgehead atoms. The van der Waals surface area contributed by atoms with Gasteiger partial charge in [0.1, 0.15) is 0 Å². The van der Waals surface area contributed by atoms with Gasteiger partial charge in [0, 0.05) is 10.9 Å². The number of aliphatic hydroxyl groups is 1. The Morgan fingerprint density at radius 1 is 1.19 bits per heavy atom. The lowest BCUT2D eigenvalue weighted by molar-refractivity contribution is 0.265. The van der Waals surface area contributed by atoms with Gasteiger partial charge in [-0.1, -0.05) is 30.3 Å². The molecular weight excluding hydrogens is 218 g/mol. The maximum atomic E-state index is 8.88. The Balaban J connectivity index is 2.11. The molecule has 0 fully saturated rings. The second-order valence-electron chi connectivity index (χ2n) is 3.82. The summed E-state index contributed by atoms with van der Waals surface area (Å²) in [6.45, 7) is 0.0344. The maximum absolute atomic E-state index is 8.88. The van der Waals surface area contributed by atoms with Crippen molar-refractivity contribution < 1.29 is 5.11 Å². The molecule has 2 aromatic rings. The Labute approximate surface area is 99.4 Å². The Morgan fingerprint density at radius 3 is 2.50 bits per heavy atom. The Kier molecular flexibility index (Phi) is 3.72. The average molecular weight is 233 g/mol. The van der Waals surface area contributed by atoms with Crippen LogP contribution in [-0.4, -0.2) is 17.8 Å². The van der Waals surface area contributed by atoms with Gasteiger partial charge in [0.25, 0.3) is 0 Å². The fourth-order valence-corrected chi connectivity index (χ4v) is 2.35. The summed E-state index contributed by atoms with van der Waals surface area (Å²) < 4.78 is 0. The summed E-state index contributed by atoms with van der Waals surface area (Å²) in [6.07, 6.45) is 0.723. The minimum absolute atomic E-state index is 0.0344. The SMILES string of the molecule is NC(CO)Cc1ccc(-c2cccs2)cc1. The van der Waals surface area contributed by atoms with Crippen molar-refractivity contribution in [3.63, 3.8) is 0 Å². The molecule has 1 aromatic heterocycles. The largest absolute Gasteiger partial charge is 0.395 e. The standard InChI is InChI=1S/C13H15NOS/c14-12(9-15)8-10-3-5-11(6-4-10)13-2-1-7-16-13/h1-7,12,15H,8-9,14H2. The van der Waals surface area contributed by atoms with Gasteiger partial charge in [0.05, 0.1) is 6.61 Å². The number of rotatable bonds is 4. The molecule has 0 saturated heterocycles. The van der Waals surface area contributed by atoms with Crippen LogP contribution in [0.2, 0.25) is 0 Å². The Hall–Kier alpha value is -1.16. The molecule has 16 heavy (non-hydrogen) atoms. The minimum Gasteiger partial charge on any atom is -0.395 e. The van der Waals surface area contributed by atoms with Crippen LogP contribution in [0.1, 0.15) is 5.56 Å². The van der Waals surface area contributed by atoms with Crippen LogP contribution in [0.25, 0.3) is 10.4 Å². The van der Waals surface area contributed by atoms with Crippen LogP contribution in [0.15, 0.2) is 41.8 Å². The molecule has 0 spiro atoms. The van der Waals surface area contributed by atoms with Crippen LogP contribution in [0, 0.1) is 0 Å². The van der Waals surface area contributed by atoms with E-state index in [1.54, 1.807) is 11.3 Å². The molecule has 1 unspecified atom stereocenters. The molecule has 3 heteroatoms. The van der Waals surface area contributed by atoms with E-state index in [1.165, 1.54) is 16.0 Å². The van der Waals surface area contributed by atoms with E-state index < -0.39 is 0 Å². The van der Waals surface area contributed by atoms with Crippen LogP contribution in [0.5, 0.6) is 0 Å². The molecule has 2 nitrogen and oxygen atoms in total. The summed E-state index contributed by atoms with van der Waals surface area (Å²) in [4.78, 5) is 1.28. The highest BCUT2D eigenvalue weighted by molar-refractivity contribution is 7.13. The molecule has 1 atom stereocenters. The highest BCUT2D eigenvalue weighted by Gasteiger charge is 2.03. The van der Waals surface area contributed by atoms with E-state index in [9.17, 15) is 0 Å². The highest BCUT2D eigenvalue weighted by atomic mass is 32.1. The quantitative estimate of drug-likeness (QED) is 0.851. The monoisotopic (exact) mass is 233 g/mol. The normalized spacial score (nSPS) is 12.6. The van der Waals surface area contributed by atoms with E-state index in [-0.39, 0.29) is 12.6 Å². The molecular formula is C13H15NOS. The van der Waals surface area contributed by atoms with Crippen LogP contribution in [-0.2, 0) is 6.42 Å². The van der Waals surface area contributed by atoms with Crippen molar-refractivity contribution in [1.82, 2.24) is 0 Å². The zero-order valence-electron chi connectivity index (χ0n) is 8.97. The third-order valence-corrected chi connectivity index (χ3v) is 3.41. The smallest absolute Gasteiger partial charge is 0.0585 e. The van der Waals surface area contributed by atoms with E-state index in [0.29, 0.717) is 0 Å². The van der Waals surface area contributed by atoms with Crippen molar-refractivity contribution in [1.29, 1.82) is 0 Å². The third kappa shape index (κ3) is 2.70. The second-order valence-corrected chi connectivity index (χ2v) is 4.77. The second kappa shape index (κ2) is 5.25. The molecule has 0 saturated carbocycles. The van der Waals surface area contributed by atoms with Gasteiger partial charge < -0.3 is 10.8 Å². The predicted molar refractivity (Wildman–Crippen MR) is 68.5 cm³/mol. The number of aliphatic hydroxyl groups excluding tert-OH is 1. The summed E-state index contributed by atoms with van der Waals surface area (Å²) in [7, 11) is 0. The third-order valence-electron chi connectivity index (χ3n) is 2.49. The van der Waals surface area contributed by atoms with Crippen molar-refractivity contribution >= 4 is 11.3 Å². The van der Waals surface area contributed by atoms with Gasteiger partial charge in [-0.05, 0) is 29.0 Å². The summed E-state index contributed by atoms with van der Waals surface area (Å²) in [5.74, 6) is 0. The molecule has 3 N–H and O–H groups in total. The van der Waals surface area contributed by atoms with E-state index in [0.717, 1.165) is 6.42 Å². The van der Waals surface area contributed by atoms with Crippen LogP contribution >= 0.6 is 11.3 Å². The van der Waals surface area contributed by atoms with Crippen molar-refractivity contribution in [2.45, 2.75) is 12.5 Å². The number of nitrogens with two attached hydrogens (primary N) is 1. The number of benzene rings is 1. The summed E-state index contributed by atoms with van der Waals surface area (Å²) in [5, 5.41) is 11.0. The lowest BCUT2D eigenvalue weighted by atomic mass is 10.0. The van der Waals surface area contributed by atoms with Gasteiger partial charge >= 0.3 is 0 Å². The number of hydrogen-bond donors (Lipinski definition) is 2. The zero-order valence-corrected chi connectivity index (χ0v) is 9.78. The summed E-state index contributed by atoms with van der Waals surface area (Å²) >= 11 is 1.74. The van der Waals surface area contributed by atoms with Crippen LogP contribution < -0.4 is 5.73 Å². The molecule has 0 aliphatic heterocycles. The van der Waals surface area contributed by atoms with Crippen LogP contribution in [0.4, 0.5) is 0 Å². The molecule has 0 aliphatic carbocycles. The molecule has 0 radical (unpaired) electrons. The minimum atomic E-state index is -0.160. The maximum Gasteiger partial charge on any atom is 0.0585 e. The van der Waals surface area contributed by atoms with Gasteiger partial charge in [0.15, 0.2) is 0 Å². The fraction of sp³-hybridized carbons (Fsp3) is 0.231. The van der Waals surface area contributed by atoms with E-state index in [1.807, 2.05) is 0 Å². The van der Waals surface area contributed by atoms with E-state index >= 15 is 0 Å². The first-order chi connectivity index (χ1) is 7.79. The van der Waals surface area contributed by atoms with E-state index in [2.05, 4.69) is 41.8 Å². The summed E-state index contributed by atoms with van der Waals surface area (Å²) in [6, 6.07) is 12.4. The van der Waals surface area contributed by atoms with Crippen molar-refractivity contribution in [2.75, 3.05) is 6.61 Å². The lowest BCUT2D eigenvalue weighted by Crippen LogP contribution is -2.26. The van der Waals surface area contributed by atoms with Gasteiger partial charge in [-0.2, -0.15) is 0 Å². The number of hydrogen-bond acceptors (Lipinski definition) is 3. The summed E-state index contributed by atoms with van der Waals surface area (Å²) in [5.41, 5.74) is 8.09. The van der Waals surface area contributed by atoms with Crippen molar-refractivity contribution in [3.8, 4) is 10.4 Å². The predicted octanol–water partition coefficient (Wildman–Crippen LogP) is 2.28. The van der Waals surface area contributed by atoms with Gasteiger partial charge in [-0.3, -0.25) is 0 Å². The molecule has 2 rings (SSSR count). The van der Waals surface area contributed by atoms with Crippen molar-refractivity contribution in [2.24, 2.45) is 5.73 Å². The first-order valence-corrected chi connectivity index (χ1v) is 6.17.